The number of hydrogen-bond donors (Lipinski definition) is 1. The first-order valence-corrected chi connectivity index (χ1v) is 28.2. The molecule has 0 aromatic heterocycles. The van der Waals surface area contributed by atoms with Crippen LogP contribution in [0.5, 0.6) is 0 Å². The predicted molar refractivity (Wildman–Crippen MR) is 279 cm³/mol. The normalized spacial score (nSPS) is 14.0. The molecule has 0 aliphatic rings. The summed E-state index contributed by atoms with van der Waals surface area (Å²) in [4.78, 5) is 35.6. The van der Waals surface area contributed by atoms with E-state index in [9.17, 15) is 19.0 Å². The van der Waals surface area contributed by atoms with Crippen LogP contribution in [0.4, 0.5) is 0 Å². The number of nitrogens with zero attached hydrogens (tertiary/aromatic N) is 1. The van der Waals surface area contributed by atoms with Crippen LogP contribution < -0.4 is 0 Å². The third-order valence-electron chi connectivity index (χ3n) is 11.2. The highest BCUT2D eigenvalue weighted by Gasteiger charge is 2.27. The second kappa shape index (κ2) is 47.5. The maximum absolute atomic E-state index is 12.8. The molecular weight excluding hydrogens is 846 g/mol. The van der Waals surface area contributed by atoms with E-state index in [1.165, 1.54) is 96.3 Å². The van der Waals surface area contributed by atoms with E-state index in [0.29, 0.717) is 17.4 Å². The zero-order valence-electron chi connectivity index (χ0n) is 43.2. The number of carbonyl (C=O) groups excluding carboxylic acids is 2. The van der Waals surface area contributed by atoms with E-state index in [1.807, 2.05) is 21.1 Å². The molecule has 382 valence electrons. The highest BCUT2D eigenvalue weighted by atomic mass is 31.2. The summed E-state index contributed by atoms with van der Waals surface area (Å²) in [6.07, 6.45) is 61.0. The molecule has 2 unspecified atom stereocenters. The Morgan fingerprint density at radius 3 is 1.29 bits per heavy atom. The van der Waals surface area contributed by atoms with Gasteiger partial charge in [0.1, 0.15) is 19.8 Å². The fraction of sp³-hybridized carbons (Fsp3) is 0.750. The lowest BCUT2D eigenvalue weighted by Gasteiger charge is -2.24. The Balaban J connectivity index is 4.24. The van der Waals surface area contributed by atoms with Gasteiger partial charge in [-0.1, -0.05) is 196 Å². The zero-order chi connectivity index (χ0) is 48.5. The molecule has 0 spiro atoms. The summed E-state index contributed by atoms with van der Waals surface area (Å²) in [5, 5.41) is 0. The minimum Gasteiger partial charge on any atom is -0.462 e. The van der Waals surface area contributed by atoms with Crippen molar-refractivity contribution >= 4 is 19.8 Å². The second-order valence-electron chi connectivity index (χ2n) is 18.9. The molecule has 0 fully saturated rings. The van der Waals surface area contributed by atoms with Crippen LogP contribution in [-0.2, 0) is 32.7 Å². The second-order valence-corrected chi connectivity index (χ2v) is 20.3. The molecule has 10 heteroatoms. The van der Waals surface area contributed by atoms with Gasteiger partial charge in [0.05, 0.1) is 27.7 Å². The van der Waals surface area contributed by atoms with Gasteiger partial charge in [0.2, 0.25) is 0 Å². The molecule has 66 heavy (non-hydrogen) atoms. The summed E-state index contributed by atoms with van der Waals surface area (Å²) >= 11 is 0. The average Bonchev–Trinajstić information content (AvgIpc) is 3.27. The summed E-state index contributed by atoms with van der Waals surface area (Å²) in [5.74, 6) is -0.814. The van der Waals surface area contributed by atoms with Crippen LogP contribution in [-0.4, -0.2) is 74.9 Å². The summed E-state index contributed by atoms with van der Waals surface area (Å²) in [6, 6.07) is 0. The van der Waals surface area contributed by atoms with Gasteiger partial charge in [-0.2, -0.15) is 0 Å². The lowest BCUT2D eigenvalue weighted by molar-refractivity contribution is -0.870. The van der Waals surface area contributed by atoms with Crippen molar-refractivity contribution in [2.75, 3.05) is 47.5 Å². The van der Waals surface area contributed by atoms with Crippen LogP contribution in [0.2, 0.25) is 0 Å². The van der Waals surface area contributed by atoms with E-state index < -0.39 is 26.5 Å². The number of carbonyl (C=O) groups is 2. The van der Waals surface area contributed by atoms with Gasteiger partial charge in [-0.05, 0) is 83.5 Å². The molecule has 0 aromatic carbocycles. The topological polar surface area (TPSA) is 108 Å². The lowest BCUT2D eigenvalue weighted by Crippen LogP contribution is -2.37. The molecule has 0 aliphatic carbocycles. The van der Waals surface area contributed by atoms with Crippen molar-refractivity contribution in [2.24, 2.45) is 0 Å². The molecule has 0 aliphatic heterocycles. The first-order valence-electron chi connectivity index (χ1n) is 26.7. The van der Waals surface area contributed by atoms with E-state index in [4.69, 9.17) is 18.5 Å². The summed E-state index contributed by atoms with van der Waals surface area (Å²) in [7, 11) is 1.46. The number of unbranched alkanes of at least 4 members (excludes halogenated alkanes) is 22. The van der Waals surface area contributed by atoms with Crippen LogP contribution in [0.25, 0.3) is 0 Å². The van der Waals surface area contributed by atoms with Crippen molar-refractivity contribution < 1.29 is 42.1 Å². The molecule has 0 saturated heterocycles. The van der Waals surface area contributed by atoms with Crippen molar-refractivity contribution in [3.8, 4) is 0 Å². The standard InChI is InChI=1S/C56H100NO8P/c1-6-8-10-12-14-16-18-20-22-24-25-26-27-28-29-30-31-33-35-37-39-41-43-45-47-49-56(59)65-54(53-64-66(60,61)63-51-50-57(3,4)5)52-62-55(58)48-46-44-42-40-38-36-34-32-23-21-19-17-15-13-11-9-7-2/h9,11,15,17-18,20-21,23-25,27-28,54H,6-8,10,12-14,16,19,22,26,29-53H2,1-5H3/p+1/b11-9-,17-15-,20-18-,23-21-,25-24-,28-27-. The maximum Gasteiger partial charge on any atom is 0.472 e. The van der Waals surface area contributed by atoms with Gasteiger partial charge in [-0.25, -0.2) is 4.57 Å². The number of phosphoric ester groups is 1. The van der Waals surface area contributed by atoms with Crippen LogP contribution >= 0.6 is 7.82 Å². The van der Waals surface area contributed by atoms with E-state index >= 15 is 0 Å². The van der Waals surface area contributed by atoms with Crippen LogP contribution in [0.3, 0.4) is 0 Å². The highest BCUT2D eigenvalue weighted by molar-refractivity contribution is 7.47. The monoisotopic (exact) mass is 947 g/mol. The Labute approximate surface area is 406 Å². The first-order chi connectivity index (χ1) is 32.0. The van der Waals surface area contributed by atoms with Gasteiger partial charge in [0.15, 0.2) is 6.10 Å². The number of ether oxygens (including phenoxy) is 2. The van der Waals surface area contributed by atoms with Crippen LogP contribution in [0.1, 0.15) is 219 Å². The van der Waals surface area contributed by atoms with Crippen molar-refractivity contribution in [3.63, 3.8) is 0 Å². The minimum atomic E-state index is -4.39. The molecule has 0 bridgehead atoms. The predicted octanol–water partition coefficient (Wildman–Crippen LogP) is 16.1. The van der Waals surface area contributed by atoms with E-state index in [0.717, 1.165) is 89.9 Å². The Kier molecular flexibility index (Phi) is 45.7. The van der Waals surface area contributed by atoms with Gasteiger partial charge >= 0.3 is 19.8 Å². The van der Waals surface area contributed by atoms with Crippen molar-refractivity contribution in [3.05, 3.63) is 72.9 Å². The number of hydrogen-bond acceptors (Lipinski definition) is 7. The number of phosphoric acid groups is 1. The van der Waals surface area contributed by atoms with Gasteiger partial charge in [-0.15, -0.1) is 0 Å². The van der Waals surface area contributed by atoms with Gasteiger partial charge < -0.3 is 18.9 Å². The quantitative estimate of drug-likeness (QED) is 0.0211. The molecule has 9 nitrogen and oxygen atoms in total. The highest BCUT2D eigenvalue weighted by Crippen LogP contribution is 2.43. The molecule has 0 heterocycles. The molecule has 1 N–H and O–H groups in total. The fourth-order valence-corrected chi connectivity index (χ4v) is 7.84. The van der Waals surface area contributed by atoms with E-state index in [-0.39, 0.29) is 32.0 Å². The van der Waals surface area contributed by atoms with Crippen molar-refractivity contribution in [1.82, 2.24) is 0 Å². The van der Waals surface area contributed by atoms with E-state index in [2.05, 4.69) is 86.8 Å². The zero-order valence-corrected chi connectivity index (χ0v) is 44.1. The summed E-state index contributed by atoms with van der Waals surface area (Å²) < 4.78 is 34.5. The molecule has 2 atom stereocenters. The molecular formula is C56H101NO8P+. The molecule has 0 aromatic rings. The Bertz CT molecular complexity index is 1350. The molecule has 0 radical (unpaired) electrons. The first kappa shape index (κ1) is 63.5. The smallest absolute Gasteiger partial charge is 0.462 e. The third-order valence-corrected chi connectivity index (χ3v) is 12.2. The van der Waals surface area contributed by atoms with Gasteiger partial charge in [0, 0.05) is 12.8 Å². The number of likely N-dealkylation sites (N-methyl/N-ethyl adjacent to an activating group) is 1. The van der Waals surface area contributed by atoms with Gasteiger partial charge in [-0.3, -0.25) is 18.6 Å². The maximum atomic E-state index is 12.8. The third kappa shape index (κ3) is 50.9. The average molecular weight is 947 g/mol. The van der Waals surface area contributed by atoms with E-state index in [1.54, 1.807) is 0 Å². The number of allylic oxidation sites excluding steroid dienone is 12. The van der Waals surface area contributed by atoms with Gasteiger partial charge in [0.25, 0.3) is 0 Å². The minimum absolute atomic E-state index is 0.0261. The van der Waals surface area contributed by atoms with Crippen molar-refractivity contribution in [2.45, 2.75) is 225 Å². The Morgan fingerprint density at radius 1 is 0.485 bits per heavy atom. The fourth-order valence-electron chi connectivity index (χ4n) is 7.09. The SMILES string of the molecule is CC/C=C\C/C=C\C/C=C\CCCCCCCCCC(=O)OCC(COP(=O)(O)OCC[N+](C)(C)C)OC(=O)CCCCCCCCCCCC/C=C\C/C=C\C/C=C\CCCCCCC. The van der Waals surface area contributed by atoms with Crippen LogP contribution in [0.15, 0.2) is 72.9 Å². The summed E-state index contributed by atoms with van der Waals surface area (Å²) in [5.41, 5.74) is 0. The number of quaternary nitrogens is 1. The Hall–Kier alpha value is -2.55. The number of esters is 2. The molecule has 0 rings (SSSR count). The van der Waals surface area contributed by atoms with Crippen LogP contribution in [0, 0.1) is 0 Å². The molecule has 0 amide bonds. The largest absolute Gasteiger partial charge is 0.472 e. The van der Waals surface area contributed by atoms with Crippen molar-refractivity contribution in [1.29, 1.82) is 0 Å². The molecule has 0 saturated carbocycles. The summed E-state index contributed by atoms with van der Waals surface area (Å²) in [6.45, 7) is 4.29. The Morgan fingerprint density at radius 2 is 0.864 bits per heavy atom. The lowest BCUT2D eigenvalue weighted by atomic mass is 10.0. The number of rotatable bonds is 48.